The molecule has 9 atom stereocenters. The van der Waals surface area contributed by atoms with E-state index in [9.17, 15) is 24.9 Å². The molecule has 2 N–H and O–H groups in total. The Bertz CT molecular complexity index is 962. The van der Waals surface area contributed by atoms with Gasteiger partial charge in [0.15, 0.2) is 0 Å². The fourth-order valence-electron chi connectivity index (χ4n) is 9.42. The van der Waals surface area contributed by atoms with E-state index in [0.717, 1.165) is 25.7 Å². The Labute approximate surface area is 211 Å². The number of fused-ring (bicyclic) bond motifs is 5. The third-order valence-corrected chi connectivity index (χ3v) is 11.8. The van der Waals surface area contributed by atoms with Gasteiger partial charge >= 0.3 is 0 Å². The van der Waals surface area contributed by atoms with E-state index in [2.05, 4.69) is 47.6 Å². The fourth-order valence-corrected chi connectivity index (χ4v) is 9.42. The number of hydrogen-bond acceptors (Lipinski definition) is 5. The van der Waals surface area contributed by atoms with E-state index in [1.54, 1.807) is 0 Å². The van der Waals surface area contributed by atoms with E-state index >= 15 is 0 Å². The third kappa shape index (κ3) is 3.70. The van der Waals surface area contributed by atoms with E-state index in [1.165, 1.54) is 18.6 Å². The van der Waals surface area contributed by atoms with Crippen molar-refractivity contribution in [2.24, 2.45) is 45.3 Å². The summed E-state index contributed by atoms with van der Waals surface area (Å²) < 4.78 is 0. The molecule has 0 aromatic rings. The minimum atomic E-state index is -1.26. The number of allylic oxidation sites excluding steroid dienone is 1. The van der Waals surface area contributed by atoms with E-state index < -0.39 is 18.2 Å². The molecular weight excluding hydrogens is 440 g/mol. The van der Waals surface area contributed by atoms with Gasteiger partial charge in [0.1, 0.15) is 5.78 Å². The highest BCUT2D eigenvalue weighted by Crippen LogP contribution is 2.73. The minimum Gasteiger partial charge on any atom is -0.545 e. The molecule has 0 aromatic carbocycles. The second-order valence-corrected chi connectivity index (χ2v) is 13.6. The van der Waals surface area contributed by atoms with Gasteiger partial charge in [0.2, 0.25) is 0 Å². The van der Waals surface area contributed by atoms with Crippen LogP contribution in [0, 0.1) is 45.3 Å². The Morgan fingerprint density at radius 1 is 1.23 bits per heavy atom. The molecule has 3 fully saturated rings. The maximum atomic E-state index is 12.8. The lowest BCUT2D eigenvalue weighted by Crippen LogP contribution is -2.58. The number of rotatable bonds is 5. The molecule has 35 heavy (non-hydrogen) atoms. The van der Waals surface area contributed by atoms with Crippen molar-refractivity contribution in [1.29, 1.82) is 0 Å². The predicted molar refractivity (Wildman–Crippen MR) is 134 cm³/mol. The first kappa shape index (κ1) is 26.6. The highest BCUT2D eigenvalue weighted by Gasteiger charge is 2.68. The Kier molecular flexibility index (Phi) is 6.50. The Morgan fingerprint density at radius 3 is 2.51 bits per heavy atom. The summed E-state index contributed by atoms with van der Waals surface area (Å²) >= 11 is 0. The first-order valence-electron chi connectivity index (χ1n) is 13.6. The van der Waals surface area contributed by atoms with Gasteiger partial charge in [-0.15, -0.1) is 0 Å². The zero-order valence-corrected chi connectivity index (χ0v) is 22.7. The molecular formula is C30H45O5-. The summed E-state index contributed by atoms with van der Waals surface area (Å²) in [6, 6.07) is 0. The number of carboxylic acids is 1. The lowest BCUT2D eigenvalue weighted by Gasteiger charge is -2.63. The third-order valence-electron chi connectivity index (χ3n) is 11.8. The van der Waals surface area contributed by atoms with Gasteiger partial charge in [-0.1, -0.05) is 59.3 Å². The van der Waals surface area contributed by atoms with Crippen molar-refractivity contribution in [3.63, 3.8) is 0 Å². The maximum Gasteiger partial charge on any atom is 0.138 e. The molecule has 0 spiro atoms. The molecule has 4 aliphatic carbocycles. The molecule has 0 heterocycles. The largest absolute Gasteiger partial charge is 0.545 e. The van der Waals surface area contributed by atoms with Gasteiger partial charge in [0.25, 0.3) is 0 Å². The van der Waals surface area contributed by atoms with Gasteiger partial charge in [0, 0.05) is 17.3 Å². The molecule has 4 rings (SSSR count). The molecule has 2 unspecified atom stereocenters. The molecule has 4 aliphatic rings. The smallest absolute Gasteiger partial charge is 0.138 e. The highest BCUT2D eigenvalue weighted by molar-refractivity contribution is 5.85. The number of aliphatic hydroxyl groups is 2. The molecule has 3 saturated carbocycles. The maximum absolute atomic E-state index is 12.8. The molecule has 5 nitrogen and oxygen atoms in total. The van der Waals surface area contributed by atoms with Gasteiger partial charge in [0.05, 0.1) is 18.2 Å². The van der Waals surface area contributed by atoms with Crippen molar-refractivity contribution in [2.75, 3.05) is 0 Å². The zero-order valence-electron chi connectivity index (χ0n) is 22.7. The van der Waals surface area contributed by atoms with Crippen LogP contribution in [-0.4, -0.2) is 34.2 Å². The standard InChI is InChI=1S/C30H46O5/c1-17(14-19(31)15-18(2)26(34)35)22-16-25(33)30(7)21-8-9-23-27(3,4)24(32)11-12-28(23,5)20(21)10-13-29(22,30)6/h8,15,17,19-20,22-23,25,31,33H,9-14,16H2,1-7H3,(H,34,35)/p-1/b18-15+/t17-,19+,20?,22-,23?,25+,28-,29-,30-/m1/s1. The second kappa shape index (κ2) is 8.55. The van der Waals surface area contributed by atoms with Crippen LogP contribution >= 0.6 is 0 Å². The Morgan fingerprint density at radius 2 is 1.89 bits per heavy atom. The van der Waals surface area contributed by atoms with Gasteiger partial charge in [-0.2, -0.15) is 0 Å². The average Bonchev–Trinajstić information content (AvgIpc) is 2.98. The highest BCUT2D eigenvalue weighted by atomic mass is 16.4. The summed E-state index contributed by atoms with van der Waals surface area (Å²) in [6.07, 6.45) is 8.19. The van der Waals surface area contributed by atoms with E-state index in [-0.39, 0.29) is 39.1 Å². The number of Topliss-reactive ketones (excluding diaryl/α,β-unsaturated/α-hetero) is 1. The van der Waals surface area contributed by atoms with Crippen molar-refractivity contribution >= 4 is 11.8 Å². The number of carboxylic acid groups (broad SMARTS) is 1. The van der Waals surface area contributed by atoms with Crippen LogP contribution in [0.5, 0.6) is 0 Å². The van der Waals surface area contributed by atoms with Gasteiger partial charge < -0.3 is 20.1 Å². The van der Waals surface area contributed by atoms with E-state index in [4.69, 9.17) is 0 Å². The number of carbonyl (C=O) groups is 2. The quantitative estimate of drug-likeness (QED) is 0.449. The second-order valence-electron chi connectivity index (χ2n) is 13.6. The van der Waals surface area contributed by atoms with Crippen LogP contribution in [0.2, 0.25) is 0 Å². The van der Waals surface area contributed by atoms with Crippen molar-refractivity contribution in [3.8, 4) is 0 Å². The van der Waals surface area contributed by atoms with Crippen molar-refractivity contribution in [1.82, 2.24) is 0 Å². The summed E-state index contributed by atoms with van der Waals surface area (Å²) in [4.78, 5) is 23.9. The van der Waals surface area contributed by atoms with Gasteiger partial charge in [-0.3, -0.25) is 4.79 Å². The average molecular weight is 486 g/mol. The number of carbonyl (C=O) groups excluding carboxylic acids is 2. The molecule has 196 valence electrons. The summed E-state index contributed by atoms with van der Waals surface area (Å²) in [7, 11) is 0. The normalized spacial score (nSPS) is 44.5. The monoisotopic (exact) mass is 485 g/mol. The van der Waals surface area contributed by atoms with Crippen LogP contribution in [0.15, 0.2) is 23.3 Å². The summed E-state index contributed by atoms with van der Waals surface area (Å²) in [5.74, 6) is 0.211. The minimum absolute atomic E-state index is 0.0526. The summed E-state index contributed by atoms with van der Waals surface area (Å²) in [5, 5.41) is 33.3. The van der Waals surface area contributed by atoms with Crippen LogP contribution in [0.4, 0.5) is 0 Å². The lowest BCUT2D eigenvalue weighted by atomic mass is 9.41. The Balaban J connectivity index is 1.65. The molecule has 0 bridgehead atoms. The van der Waals surface area contributed by atoms with Crippen molar-refractivity contribution < 1.29 is 24.9 Å². The molecule has 0 saturated heterocycles. The molecule has 0 aromatic heterocycles. The van der Waals surface area contributed by atoms with Crippen LogP contribution in [-0.2, 0) is 9.59 Å². The van der Waals surface area contributed by atoms with Crippen molar-refractivity contribution in [3.05, 3.63) is 23.3 Å². The SMILES string of the molecule is C/C(=C\[C@@H](O)C[C@@H](C)[C@H]1C[C@H](O)[C@@]2(C)C3=CCC4C(C)(C)C(=O)CC[C@]4(C)C3CC[C@]12C)C(=O)[O-]. The molecule has 0 radical (unpaired) electrons. The van der Waals surface area contributed by atoms with E-state index in [1.807, 2.05) is 0 Å². The van der Waals surface area contributed by atoms with Crippen molar-refractivity contribution in [2.45, 2.75) is 106 Å². The number of hydrogen-bond donors (Lipinski definition) is 2. The molecule has 5 heteroatoms. The van der Waals surface area contributed by atoms with Crippen LogP contribution in [0.25, 0.3) is 0 Å². The Hall–Kier alpha value is -1.46. The van der Waals surface area contributed by atoms with Gasteiger partial charge in [-0.05, 0) is 85.5 Å². The first-order valence-corrected chi connectivity index (χ1v) is 13.6. The van der Waals surface area contributed by atoms with E-state index in [0.29, 0.717) is 36.9 Å². The molecule has 0 amide bonds. The first-order chi connectivity index (χ1) is 16.1. The summed E-state index contributed by atoms with van der Waals surface area (Å²) in [5.41, 5.74) is 0.774. The van der Waals surface area contributed by atoms with Crippen LogP contribution < -0.4 is 5.11 Å². The summed E-state index contributed by atoms with van der Waals surface area (Å²) in [6.45, 7) is 14.9. The zero-order chi connectivity index (χ0) is 26.1. The number of aliphatic carboxylic acids is 1. The lowest BCUT2D eigenvalue weighted by molar-refractivity contribution is -0.299. The fraction of sp³-hybridized carbons (Fsp3) is 0.800. The van der Waals surface area contributed by atoms with Crippen LogP contribution in [0.1, 0.15) is 93.4 Å². The number of aliphatic hydroxyl groups excluding tert-OH is 2. The predicted octanol–water partition coefficient (Wildman–Crippen LogP) is 4.21. The topological polar surface area (TPSA) is 97.7 Å². The van der Waals surface area contributed by atoms with Crippen LogP contribution in [0.3, 0.4) is 0 Å². The number of ketones is 1. The molecule has 0 aliphatic heterocycles. The van der Waals surface area contributed by atoms with Gasteiger partial charge in [-0.25, -0.2) is 0 Å².